The van der Waals surface area contributed by atoms with E-state index >= 15 is 0 Å². The molecular weight excluding hydrogens is 242 g/mol. The van der Waals surface area contributed by atoms with E-state index in [0.717, 1.165) is 18.2 Å². The highest BCUT2D eigenvalue weighted by atomic mass is 16.6. The SMILES string of the molecule is CC(C)(C(=O)O)c1ccc([N+](=O)[O-])cc1C(=O)O. The predicted molar refractivity (Wildman–Crippen MR) is 60.7 cm³/mol. The fraction of sp³-hybridized carbons (Fsp3) is 0.273. The van der Waals surface area contributed by atoms with E-state index in [9.17, 15) is 19.7 Å². The normalized spacial score (nSPS) is 11.0. The van der Waals surface area contributed by atoms with Crippen molar-refractivity contribution < 1.29 is 24.7 Å². The zero-order valence-corrected chi connectivity index (χ0v) is 9.71. The first kappa shape index (κ1) is 13.6. The Morgan fingerprint density at radius 1 is 1.28 bits per heavy atom. The van der Waals surface area contributed by atoms with E-state index in [1.54, 1.807) is 0 Å². The summed E-state index contributed by atoms with van der Waals surface area (Å²) in [7, 11) is 0. The van der Waals surface area contributed by atoms with Crippen LogP contribution < -0.4 is 0 Å². The van der Waals surface area contributed by atoms with Crippen molar-refractivity contribution in [2.75, 3.05) is 0 Å². The molecule has 2 N–H and O–H groups in total. The molecule has 7 nitrogen and oxygen atoms in total. The Kier molecular flexibility index (Phi) is 3.36. The highest BCUT2D eigenvalue weighted by Gasteiger charge is 2.34. The van der Waals surface area contributed by atoms with Crippen molar-refractivity contribution in [1.29, 1.82) is 0 Å². The molecule has 0 spiro atoms. The summed E-state index contributed by atoms with van der Waals surface area (Å²) in [6.07, 6.45) is 0. The first-order valence-corrected chi connectivity index (χ1v) is 4.93. The standard InChI is InChI=1S/C11H11NO6/c1-11(2,10(15)16)8-4-3-6(12(17)18)5-7(8)9(13)14/h3-5H,1-2H3,(H,13,14)(H,15,16). The quantitative estimate of drug-likeness (QED) is 0.622. The van der Waals surface area contributed by atoms with Crippen LogP contribution in [0.3, 0.4) is 0 Å². The molecule has 0 saturated carbocycles. The van der Waals surface area contributed by atoms with Gasteiger partial charge in [-0.1, -0.05) is 6.07 Å². The highest BCUT2D eigenvalue weighted by Crippen LogP contribution is 2.29. The molecule has 7 heteroatoms. The van der Waals surface area contributed by atoms with Crippen molar-refractivity contribution in [2.45, 2.75) is 19.3 Å². The topological polar surface area (TPSA) is 118 Å². The molecular formula is C11H11NO6. The Bertz CT molecular complexity index is 534. The summed E-state index contributed by atoms with van der Waals surface area (Å²) >= 11 is 0. The molecule has 1 aromatic carbocycles. The van der Waals surface area contributed by atoms with Crippen molar-refractivity contribution >= 4 is 17.6 Å². The number of nitro groups is 1. The molecule has 0 saturated heterocycles. The van der Waals surface area contributed by atoms with Gasteiger partial charge in [0, 0.05) is 12.1 Å². The number of nitro benzene ring substituents is 1. The van der Waals surface area contributed by atoms with E-state index in [4.69, 9.17) is 10.2 Å². The number of carbonyl (C=O) groups is 2. The molecule has 1 aromatic rings. The molecule has 0 aliphatic heterocycles. The van der Waals surface area contributed by atoms with Gasteiger partial charge in [-0.15, -0.1) is 0 Å². The van der Waals surface area contributed by atoms with Crippen molar-refractivity contribution in [3.63, 3.8) is 0 Å². The van der Waals surface area contributed by atoms with E-state index < -0.39 is 28.0 Å². The molecule has 0 radical (unpaired) electrons. The second-order valence-corrected chi connectivity index (χ2v) is 4.22. The number of non-ortho nitro benzene ring substituents is 1. The number of nitrogens with zero attached hydrogens (tertiary/aromatic N) is 1. The first-order chi connectivity index (χ1) is 8.17. The van der Waals surface area contributed by atoms with E-state index in [-0.39, 0.29) is 11.1 Å². The zero-order chi connectivity index (χ0) is 14.1. The zero-order valence-electron chi connectivity index (χ0n) is 9.71. The van der Waals surface area contributed by atoms with Gasteiger partial charge in [0.2, 0.25) is 0 Å². The molecule has 0 unspecified atom stereocenters. The molecule has 0 atom stereocenters. The predicted octanol–water partition coefficient (Wildman–Crippen LogP) is 1.66. The lowest BCUT2D eigenvalue weighted by Crippen LogP contribution is -2.30. The molecule has 0 heterocycles. The van der Waals surface area contributed by atoms with Crippen LogP contribution in [0.4, 0.5) is 5.69 Å². The van der Waals surface area contributed by atoms with Gasteiger partial charge >= 0.3 is 11.9 Å². The van der Waals surface area contributed by atoms with Crippen molar-refractivity contribution in [3.05, 3.63) is 39.4 Å². The molecule has 18 heavy (non-hydrogen) atoms. The Labute approximate surface area is 102 Å². The number of carboxylic acids is 2. The average Bonchev–Trinajstić information content (AvgIpc) is 2.27. The first-order valence-electron chi connectivity index (χ1n) is 4.93. The highest BCUT2D eigenvalue weighted by molar-refractivity contribution is 5.94. The van der Waals surface area contributed by atoms with Crippen molar-refractivity contribution in [1.82, 2.24) is 0 Å². The number of hydrogen-bond acceptors (Lipinski definition) is 4. The van der Waals surface area contributed by atoms with Crippen LogP contribution in [0.5, 0.6) is 0 Å². The molecule has 0 fully saturated rings. The van der Waals surface area contributed by atoms with Crippen molar-refractivity contribution in [3.8, 4) is 0 Å². The number of hydrogen-bond donors (Lipinski definition) is 2. The number of aromatic carboxylic acids is 1. The van der Waals surface area contributed by atoms with Crippen LogP contribution >= 0.6 is 0 Å². The summed E-state index contributed by atoms with van der Waals surface area (Å²) in [5.41, 5.74) is -2.19. The van der Waals surface area contributed by atoms with Gasteiger partial charge in [-0.3, -0.25) is 14.9 Å². The fourth-order valence-corrected chi connectivity index (χ4v) is 1.48. The van der Waals surface area contributed by atoms with E-state index in [0.29, 0.717) is 0 Å². The van der Waals surface area contributed by atoms with Gasteiger partial charge in [0.25, 0.3) is 5.69 Å². The maximum absolute atomic E-state index is 11.1. The largest absolute Gasteiger partial charge is 0.481 e. The van der Waals surface area contributed by atoms with E-state index in [2.05, 4.69) is 0 Å². The lowest BCUT2D eigenvalue weighted by molar-refractivity contribution is -0.384. The smallest absolute Gasteiger partial charge is 0.336 e. The Morgan fingerprint density at radius 3 is 2.22 bits per heavy atom. The summed E-state index contributed by atoms with van der Waals surface area (Å²) in [5, 5.41) is 28.6. The second-order valence-electron chi connectivity index (χ2n) is 4.22. The van der Waals surface area contributed by atoms with Gasteiger partial charge in [-0.05, 0) is 19.4 Å². The Morgan fingerprint density at radius 2 is 1.83 bits per heavy atom. The molecule has 1 rings (SSSR count). The third-order valence-corrected chi connectivity index (χ3v) is 2.65. The van der Waals surface area contributed by atoms with Crippen LogP contribution in [-0.4, -0.2) is 27.1 Å². The van der Waals surface area contributed by atoms with Gasteiger partial charge in [-0.2, -0.15) is 0 Å². The lowest BCUT2D eigenvalue weighted by atomic mass is 9.81. The van der Waals surface area contributed by atoms with Crippen LogP contribution in [0.2, 0.25) is 0 Å². The third-order valence-electron chi connectivity index (χ3n) is 2.65. The van der Waals surface area contributed by atoms with Crippen LogP contribution in [0.1, 0.15) is 29.8 Å². The van der Waals surface area contributed by atoms with E-state index in [1.807, 2.05) is 0 Å². The van der Waals surface area contributed by atoms with Gasteiger partial charge in [0.1, 0.15) is 0 Å². The summed E-state index contributed by atoms with van der Waals surface area (Å²) < 4.78 is 0. The minimum absolute atomic E-state index is 0.0214. The average molecular weight is 253 g/mol. The molecule has 0 aliphatic carbocycles. The molecule has 0 bridgehead atoms. The lowest BCUT2D eigenvalue weighted by Gasteiger charge is -2.21. The van der Waals surface area contributed by atoms with Gasteiger partial charge in [0.05, 0.1) is 15.9 Å². The molecule has 0 aliphatic rings. The minimum atomic E-state index is -1.44. The summed E-state index contributed by atoms with van der Waals surface area (Å²) in [6, 6.07) is 3.12. The van der Waals surface area contributed by atoms with Crippen LogP contribution in [-0.2, 0) is 10.2 Å². The molecule has 0 amide bonds. The van der Waals surface area contributed by atoms with Gasteiger partial charge < -0.3 is 10.2 Å². The van der Waals surface area contributed by atoms with Gasteiger partial charge in [0.15, 0.2) is 0 Å². The summed E-state index contributed by atoms with van der Waals surface area (Å²) in [6.45, 7) is 2.67. The number of benzene rings is 1. The molecule has 96 valence electrons. The fourth-order valence-electron chi connectivity index (χ4n) is 1.48. The summed E-state index contributed by atoms with van der Waals surface area (Å²) in [5.74, 6) is -2.61. The van der Waals surface area contributed by atoms with Crippen molar-refractivity contribution in [2.24, 2.45) is 0 Å². The number of aliphatic carboxylic acids is 1. The van der Waals surface area contributed by atoms with Crippen LogP contribution in [0.15, 0.2) is 18.2 Å². The van der Waals surface area contributed by atoms with Gasteiger partial charge in [-0.25, -0.2) is 4.79 Å². The molecule has 0 aromatic heterocycles. The van der Waals surface area contributed by atoms with Crippen LogP contribution in [0.25, 0.3) is 0 Å². The Hall–Kier alpha value is -2.44. The van der Waals surface area contributed by atoms with Crippen LogP contribution in [0, 0.1) is 10.1 Å². The monoisotopic (exact) mass is 253 g/mol. The summed E-state index contributed by atoms with van der Waals surface area (Å²) in [4.78, 5) is 32.0. The maximum Gasteiger partial charge on any atom is 0.336 e. The number of carboxylic acid groups (broad SMARTS) is 2. The minimum Gasteiger partial charge on any atom is -0.481 e. The second kappa shape index (κ2) is 4.44. The maximum atomic E-state index is 11.1. The number of rotatable bonds is 4. The van der Waals surface area contributed by atoms with E-state index in [1.165, 1.54) is 13.8 Å². The Balaban J connectivity index is 3.51. The third kappa shape index (κ3) is 2.29.